The van der Waals surface area contributed by atoms with E-state index in [-0.39, 0.29) is 16.2 Å². The summed E-state index contributed by atoms with van der Waals surface area (Å²) in [5.74, 6) is -2.26. The van der Waals surface area contributed by atoms with Gasteiger partial charge >= 0.3 is 0 Å². The Bertz CT molecular complexity index is 1370. The lowest BCUT2D eigenvalue weighted by Crippen LogP contribution is -2.33. The van der Waals surface area contributed by atoms with Crippen molar-refractivity contribution >= 4 is 54.8 Å². The van der Waals surface area contributed by atoms with Gasteiger partial charge < -0.3 is 0 Å². The molecule has 2 heterocycles. The van der Waals surface area contributed by atoms with Crippen LogP contribution in [0.3, 0.4) is 0 Å². The standard InChI is InChI=1S/C21H20N4O8S2/c1-12-18(20(26)24(22-12)14-3-7-16(8-4-14)34(28,29)30)11-19-13(2)23-25(21(19)27)15-5-9-17(10-6-15)35(31,32)33/h3-10,18-19H,11H2,1-2H3,(H,28,29,30)(H,31,32,33). The predicted octanol–water partition coefficient (Wildman–Crippen LogP) is 1.95. The van der Waals surface area contributed by atoms with Crippen molar-refractivity contribution in [2.24, 2.45) is 22.0 Å². The van der Waals surface area contributed by atoms with Gasteiger partial charge in [0.2, 0.25) is 0 Å². The van der Waals surface area contributed by atoms with E-state index in [2.05, 4.69) is 10.2 Å². The number of hydrogen-bond donors (Lipinski definition) is 2. The van der Waals surface area contributed by atoms with Gasteiger partial charge in [-0.2, -0.15) is 27.0 Å². The molecule has 2 aromatic rings. The molecule has 0 radical (unpaired) electrons. The summed E-state index contributed by atoms with van der Waals surface area (Å²) in [6.45, 7) is 3.29. The second-order valence-electron chi connectivity index (χ2n) is 8.06. The molecule has 0 saturated carbocycles. The molecule has 0 saturated heterocycles. The van der Waals surface area contributed by atoms with E-state index in [1.54, 1.807) is 13.8 Å². The van der Waals surface area contributed by atoms with Crippen LogP contribution >= 0.6 is 0 Å². The van der Waals surface area contributed by atoms with Crippen molar-refractivity contribution in [1.29, 1.82) is 0 Å². The molecule has 0 aromatic heterocycles. The van der Waals surface area contributed by atoms with Crippen LogP contribution in [0.1, 0.15) is 20.3 Å². The highest BCUT2D eigenvalue weighted by Gasteiger charge is 2.42. The van der Waals surface area contributed by atoms with Crippen LogP contribution in [0.4, 0.5) is 11.4 Å². The molecule has 2 N–H and O–H groups in total. The third kappa shape index (κ3) is 4.73. The minimum atomic E-state index is -4.38. The minimum absolute atomic E-state index is 0.0987. The summed E-state index contributed by atoms with van der Waals surface area (Å²) in [6, 6.07) is 9.96. The molecule has 4 rings (SSSR count). The fourth-order valence-corrected chi connectivity index (χ4v) is 4.83. The van der Waals surface area contributed by atoms with Crippen molar-refractivity contribution < 1.29 is 35.5 Å². The molecule has 35 heavy (non-hydrogen) atoms. The molecule has 2 unspecified atom stereocenters. The number of amides is 2. The lowest BCUT2D eigenvalue weighted by molar-refractivity contribution is -0.121. The number of anilines is 2. The molecule has 12 nitrogen and oxygen atoms in total. The molecule has 0 spiro atoms. The first-order chi connectivity index (χ1) is 16.3. The second kappa shape index (κ2) is 8.64. The van der Waals surface area contributed by atoms with E-state index in [1.807, 2.05) is 0 Å². The largest absolute Gasteiger partial charge is 0.294 e. The molecule has 0 fully saturated rings. The first kappa shape index (κ1) is 24.7. The lowest BCUT2D eigenvalue weighted by atomic mass is 9.88. The predicted molar refractivity (Wildman–Crippen MR) is 125 cm³/mol. The number of benzene rings is 2. The average Bonchev–Trinajstić information content (AvgIpc) is 3.23. The molecule has 2 aliphatic rings. The first-order valence-corrected chi connectivity index (χ1v) is 13.1. The monoisotopic (exact) mass is 520 g/mol. The Hall–Kier alpha value is -3.46. The maximum Gasteiger partial charge on any atom is 0.294 e. The van der Waals surface area contributed by atoms with Gasteiger partial charge in [-0.05, 0) is 68.8 Å². The van der Waals surface area contributed by atoms with Crippen LogP contribution in [0.15, 0.2) is 68.5 Å². The van der Waals surface area contributed by atoms with Crippen LogP contribution in [-0.4, -0.2) is 49.2 Å². The number of carbonyl (C=O) groups excluding carboxylic acids is 2. The molecule has 2 aliphatic heterocycles. The van der Waals surface area contributed by atoms with E-state index >= 15 is 0 Å². The normalized spacial score (nSPS) is 20.9. The Labute approximate surface area is 201 Å². The Morgan fingerprint density at radius 3 is 1.29 bits per heavy atom. The van der Waals surface area contributed by atoms with Gasteiger partial charge in [0, 0.05) is 11.4 Å². The van der Waals surface area contributed by atoms with Gasteiger partial charge in [-0.25, -0.2) is 10.0 Å². The Morgan fingerprint density at radius 1 is 0.686 bits per heavy atom. The summed E-state index contributed by atoms with van der Waals surface area (Å²) in [6.07, 6.45) is 0.0987. The van der Waals surface area contributed by atoms with Gasteiger partial charge in [0.1, 0.15) is 0 Å². The van der Waals surface area contributed by atoms with Gasteiger partial charge in [-0.15, -0.1) is 0 Å². The third-order valence-corrected chi connectivity index (χ3v) is 7.50. The van der Waals surface area contributed by atoms with Gasteiger partial charge in [0.05, 0.1) is 33.0 Å². The van der Waals surface area contributed by atoms with Crippen molar-refractivity contribution in [2.45, 2.75) is 30.1 Å². The molecular weight excluding hydrogens is 500 g/mol. The van der Waals surface area contributed by atoms with Gasteiger partial charge in [-0.1, -0.05) is 0 Å². The summed E-state index contributed by atoms with van der Waals surface area (Å²) >= 11 is 0. The van der Waals surface area contributed by atoms with Gasteiger partial charge in [0.15, 0.2) is 0 Å². The van der Waals surface area contributed by atoms with Crippen LogP contribution < -0.4 is 10.0 Å². The van der Waals surface area contributed by atoms with Crippen molar-refractivity contribution in [3.8, 4) is 0 Å². The zero-order valence-electron chi connectivity index (χ0n) is 18.4. The summed E-state index contributed by atoms with van der Waals surface area (Å²) in [7, 11) is -8.76. The van der Waals surface area contributed by atoms with Crippen LogP contribution in [0.25, 0.3) is 0 Å². The molecule has 2 amide bonds. The Balaban J connectivity index is 1.50. The van der Waals surface area contributed by atoms with Crippen molar-refractivity contribution in [2.75, 3.05) is 10.0 Å². The second-order valence-corrected chi connectivity index (χ2v) is 10.9. The van der Waals surface area contributed by atoms with Gasteiger partial charge in [0.25, 0.3) is 32.1 Å². The number of hydrazone groups is 2. The van der Waals surface area contributed by atoms with Crippen molar-refractivity contribution in [1.82, 2.24) is 0 Å². The van der Waals surface area contributed by atoms with Crippen LogP contribution in [-0.2, 0) is 29.8 Å². The first-order valence-electron chi connectivity index (χ1n) is 10.2. The zero-order valence-corrected chi connectivity index (χ0v) is 20.1. The van der Waals surface area contributed by atoms with Crippen molar-refractivity contribution in [3.05, 3.63) is 48.5 Å². The van der Waals surface area contributed by atoms with E-state index in [9.17, 15) is 26.4 Å². The highest BCUT2D eigenvalue weighted by molar-refractivity contribution is 7.86. The SMILES string of the molecule is CC1=NN(c2ccc(S(=O)(=O)O)cc2)C(=O)C1CC1C(=O)N(c2ccc(S(=O)(=O)O)cc2)N=C1C. The molecule has 2 aromatic carbocycles. The number of hydrogen-bond acceptors (Lipinski definition) is 8. The van der Waals surface area contributed by atoms with E-state index in [4.69, 9.17) is 9.11 Å². The van der Waals surface area contributed by atoms with E-state index in [0.717, 1.165) is 34.3 Å². The maximum absolute atomic E-state index is 13.1. The number of rotatable bonds is 6. The topological polar surface area (TPSA) is 174 Å². The van der Waals surface area contributed by atoms with Gasteiger partial charge in [-0.3, -0.25) is 18.7 Å². The number of nitrogens with zero attached hydrogens (tertiary/aromatic N) is 4. The molecule has 14 heteroatoms. The van der Waals surface area contributed by atoms with Crippen LogP contribution in [0.5, 0.6) is 0 Å². The third-order valence-electron chi connectivity index (χ3n) is 5.77. The Kier molecular flexibility index (Phi) is 6.09. The van der Waals surface area contributed by atoms with E-state index in [1.165, 1.54) is 24.3 Å². The highest BCUT2D eigenvalue weighted by atomic mass is 32.2. The highest BCUT2D eigenvalue weighted by Crippen LogP contribution is 2.33. The lowest BCUT2D eigenvalue weighted by Gasteiger charge is -2.18. The minimum Gasteiger partial charge on any atom is -0.282 e. The fraction of sp³-hybridized carbons (Fsp3) is 0.238. The summed E-state index contributed by atoms with van der Waals surface area (Å²) < 4.78 is 63.2. The van der Waals surface area contributed by atoms with E-state index in [0.29, 0.717) is 22.8 Å². The van der Waals surface area contributed by atoms with Crippen molar-refractivity contribution in [3.63, 3.8) is 0 Å². The van der Waals surface area contributed by atoms with E-state index < -0.39 is 43.9 Å². The fourth-order valence-electron chi connectivity index (χ4n) is 3.87. The molecular formula is C21H20N4O8S2. The molecule has 184 valence electrons. The number of carbonyl (C=O) groups is 2. The average molecular weight is 521 g/mol. The summed E-state index contributed by atoms with van der Waals surface area (Å²) in [5, 5.41) is 10.7. The smallest absolute Gasteiger partial charge is 0.282 e. The molecule has 0 aliphatic carbocycles. The zero-order chi connectivity index (χ0) is 25.7. The van der Waals surface area contributed by atoms with Crippen LogP contribution in [0, 0.1) is 11.8 Å². The Morgan fingerprint density at radius 2 is 1.00 bits per heavy atom. The van der Waals surface area contributed by atoms with Crippen LogP contribution in [0.2, 0.25) is 0 Å². The summed E-state index contributed by atoms with van der Waals surface area (Å²) in [4.78, 5) is 25.5. The quantitative estimate of drug-likeness (QED) is 0.543. The molecule has 2 atom stereocenters. The maximum atomic E-state index is 13.1. The summed E-state index contributed by atoms with van der Waals surface area (Å²) in [5.41, 5.74) is 1.52. The molecule has 0 bridgehead atoms.